The van der Waals surface area contributed by atoms with Crippen LogP contribution < -0.4 is 4.74 Å². The molecule has 3 heterocycles. The molecule has 0 radical (unpaired) electrons. The van der Waals surface area contributed by atoms with Crippen molar-refractivity contribution >= 4 is 23.3 Å². The lowest BCUT2D eigenvalue weighted by Gasteiger charge is -2.64. The molecule has 5 nitrogen and oxygen atoms in total. The highest BCUT2D eigenvalue weighted by molar-refractivity contribution is 5.87. The number of hydrogen-bond acceptors (Lipinski definition) is 4. The zero-order valence-corrected chi connectivity index (χ0v) is 22.5. The zero-order chi connectivity index (χ0) is 24.9. The Morgan fingerprint density at radius 3 is 2.76 bits per heavy atom. The first-order valence-corrected chi connectivity index (χ1v) is 13.8. The van der Waals surface area contributed by atoms with Gasteiger partial charge in [0.2, 0.25) is 0 Å². The number of fused-ring (bicyclic) bond motifs is 4. The number of aromatic hydroxyl groups is 1. The molecule has 1 saturated carbocycles. The van der Waals surface area contributed by atoms with E-state index in [-0.39, 0.29) is 35.7 Å². The van der Waals surface area contributed by atoms with E-state index in [1.165, 1.54) is 46.1 Å². The van der Waals surface area contributed by atoms with Crippen LogP contribution >= 0.6 is 12.4 Å². The smallest absolute Gasteiger partial charge is 0.166 e. The molecule has 1 spiro atoms. The number of benzene rings is 2. The van der Waals surface area contributed by atoms with E-state index in [2.05, 4.69) is 53.0 Å². The molecular formula is C32H35ClN2O3. The molecule has 8 rings (SSSR count). The number of nitrogens with zero attached hydrogens (tertiary/aromatic N) is 2. The van der Waals surface area contributed by atoms with E-state index in [0.29, 0.717) is 12.4 Å². The van der Waals surface area contributed by atoms with Crippen molar-refractivity contribution in [3.05, 3.63) is 84.1 Å². The number of aromatic nitrogens is 1. The molecule has 1 saturated heterocycles. The summed E-state index contributed by atoms with van der Waals surface area (Å²) in [5.74, 6) is 1.73. The average Bonchev–Trinajstić information content (AvgIpc) is 3.59. The molecule has 1 N–H and O–H groups in total. The quantitative estimate of drug-likeness (QED) is 0.388. The third-order valence-corrected chi connectivity index (χ3v) is 10.1. The van der Waals surface area contributed by atoms with Crippen LogP contribution in [0.1, 0.15) is 47.8 Å². The number of para-hydroxylation sites is 1. The molecule has 198 valence electrons. The number of hydrogen-bond donors (Lipinski definition) is 1. The van der Waals surface area contributed by atoms with Crippen LogP contribution in [0.4, 0.5) is 0 Å². The Hall–Kier alpha value is -2.73. The maximum Gasteiger partial charge on any atom is 0.166 e. The maximum absolute atomic E-state index is 11.1. The molecule has 6 heteroatoms. The largest absolute Gasteiger partial charge is 0.504 e. The number of likely N-dealkylation sites (tertiary alicyclic amines) is 1. The van der Waals surface area contributed by atoms with E-state index in [1.54, 1.807) is 0 Å². The molecule has 38 heavy (non-hydrogen) atoms. The van der Waals surface area contributed by atoms with Crippen LogP contribution in [0.15, 0.2) is 61.7 Å². The summed E-state index contributed by atoms with van der Waals surface area (Å²) in [6, 6.07) is 12.9. The van der Waals surface area contributed by atoms with Crippen LogP contribution in [-0.2, 0) is 29.5 Å². The molecule has 0 amide bonds. The van der Waals surface area contributed by atoms with Crippen molar-refractivity contribution < 1.29 is 14.6 Å². The predicted molar refractivity (Wildman–Crippen MR) is 152 cm³/mol. The van der Waals surface area contributed by atoms with Gasteiger partial charge in [-0.05, 0) is 61.4 Å². The predicted octanol–water partition coefficient (Wildman–Crippen LogP) is 5.86. The van der Waals surface area contributed by atoms with Gasteiger partial charge in [-0.15, -0.1) is 25.6 Å². The highest BCUT2D eigenvalue weighted by Gasteiger charge is 2.74. The fourth-order valence-corrected chi connectivity index (χ4v) is 8.58. The van der Waals surface area contributed by atoms with Crippen molar-refractivity contribution in [1.29, 1.82) is 0 Å². The molecule has 2 bridgehead atoms. The lowest BCUT2D eigenvalue weighted by Crippen LogP contribution is -2.75. The average molecular weight is 531 g/mol. The highest BCUT2D eigenvalue weighted by atomic mass is 35.5. The third kappa shape index (κ3) is 2.85. The Kier molecular flexibility index (Phi) is 5.36. The number of phenolic OH excluding ortho intramolecular Hbond substituents is 1. The summed E-state index contributed by atoms with van der Waals surface area (Å²) >= 11 is 0. The normalized spacial score (nSPS) is 30.2. The van der Waals surface area contributed by atoms with Gasteiger partial charge in [0.15, 0.2) is 17.6 Å². The van der Waals surface area contributed by atoms with Crippen molar-refractivity contribution in [3.63, 3.8) is 0 Å². The Morgan fingerprint density at radius 2 is 1.97 bits per heavy atom. The van der Waals surface area contributed by atoms with Gasteiger partial charge in [0.1, 0.15) is 5.60 Å². The fourth-order valence-electron chi connectivity index (χ4n) is 8.58. The first-order chi connectivity index (χ1) is 18.1. The van der Waals surface area contributed by atoms with Crippen molar-refractivity contribution in [2.24, 2.45) is 5.92 Å². The first kappa shape index (κ1) is 24.3. The highest BCUT2D eigenvalue weighted by Crippen LogP contribution is 2.70. The van der Waals surface area contributed by atoms with Gasteiger partial charge in [0.25, 0.3) is 0 Å². The molecule has 3 aliphatic carbocycles. The van der Waals surface area contributed by atoms with Crippen LogP contribution in [0, 0.1) is 5.92 Å². The van der Waals surface area contributed by atoms with E-state index in [1.807, 2.05) is 18.2 Å². The van der Waals surface area contributed by atoms with Gasteiger partial charge in [0.05, 0.1) is 17.7 Å². The molecule has 4 atom stereocenters. The minimum absolute atomic E-state index is 0. The van der Waals surface area contributed by atoms with Gasteiger partial charge in [-0.2, -0.15) is 0 Å². The number of halogens is 1. The summed E-state index contributed by atoms with van der Waals surface area (Å²) in [4.78, 5) is 2.74. The number of allylic oxidation sites excluding steroid dienone is 1. The number of rotatable bonds is 7. The van der Waals surface area contributed by atoms with E-state index >= 15 is 0 Å². The van der Waals surface area contributed by atoms with Crippen molar-refractivity contribution in [3.8, 4) is 11.5 Å². The molecule has 2 aliphatic heterocycles. The molecule has 1 aromatic heterocycles. The Morgan fingerprint density at radius 1 is 1.13 bits per heavy atom. The Bertz CT molecular complexity index is 1480. The topological polar surface area (TPSA) is 46.9 Å². The van der Waals surface area contributed by atoms with Crippen molar-refractivity contribution in [2.45, 2.75) is 61.8 Å². The van der Waals surface area contributed by atoms with Crippen LogP contribution in [0.3, 0.4) is 0 Å². The van der Waals surface area contributed by atoms with Crippen LogP contribution in [0.5, 0.6) is 11.5 Å². The number of ether oxygens (including phenoxy) is 2. The van der Waals surface area contributed by atoms with Gasteiger partial charge in [-0.3, -0.25) is 4.90 Å². The number of piperidine rings is 1. The second kappa shape index (κ2) is 8.38. The van der Waals surface area contributed by atoms with Gasteiger partial charge in [-0.1, -0.05) is 36.4 Å². The Balaban J connectivity index is 0.00000242. The summed E-state index contributed by atoms with van der Waals surface area (Å²) in [6.07, 6.45) is 9.05. The third-order valence-electron chi connectivity index (χ3n) is 10.1. The molecular weight excluding hydrogens is 496 g/mol. The lowest BCUT2D eigenvalue weighted by molar-refractivity contribution is -0.199. The fraction of sp³-hybridized carbons (Fsp3) is 0.438. The van der Waals surface area contributed by atoms with Crippen LogP contribution in [0.25, 0.3) is 10.9 Å². The monoisotopic (exact) mass is 530 g/mol. The van der Waals surface area contributed by atoms with Crippen LogP contribution in [0.2, 0.25) is 0 Å². The van der Waals surface area contributed by atoms with Gasteiger partial charge in [-0.25, -0.2) is 0 Å². The van der Waals surface area contributed by atoms with Gasteiger partial charge < -0.3 is 19.1 Å². The zero-order valence-electron chi connectivity index (χ0n) is 21.7. The lowest BCUT2D eigenvalue weighted by atomic mass is 9.48. The minimum atomic E-state index is -0.457. The van der Waals surface area contributed by atoms with E-state index in [4.69, 9.17) is 9.47 Å². The Labute approximate surface area is 230 Å². The molecule has 2 aromatic carbocycles. The first-order valence-electron chi connectivity index (χ1n) is 13.8. The van der Waals surface area contributed by atoms with E-state index < -0.39 is 5.60 Å². The van der Waals surface area contributed by atoms with Gasteiger partial charge in [0, 0.05) is 42.0 Å². The summed E-state index contributed by atoms with van der Waals surface area (Å²) in [7, 11) is 0. The summed E-state index contributed by atoms with van der Waals surface area (Å²) in [5.41, 5.74) is 5.48. The maximum atomic E-state index is 11.1. The standard InChI is InChI=1S/C32H34N2O3.ClH/c1-3-14-34-24-8-6-5-7-22(24)23-18-32(36-16-4-2)26-17-21-11-12-25(35)29-27(21)31(32,30(37-29)28(23)34)13-15-33(26)19-20-9-10-20;/h3-8,11-12,20,26,30,35H,1-2,9-10,13-19H2;1H/t26-,30+,31+,32-;/m1./s1. The van der Waals surface area contributed by atoms with Crippen molar-refractivity contribution in [2.75, 3.05) is 19.7 Å². The summed E-state index contributed by atoms with van der Waals surface area (Å²) in [5, 5.41) is 12.4. The minimum Gasteiger partial charge on any atom is -0.504 e. The molecule has 5 aliphatic rings. The molecule has 2 fully saturated rings. The van der Waals surface area contributed by atoms with Gasteiger partial charge >= 0.3 is 0 Å². The summed E-state index contributed by atoms with van der Waals surface area (Å²) < 4.78 is 16.5. The van der Waals surface area contributed by atoms with E-state index in [0.717, 1.165) is 44.8 Å². The second-order valence-corrected chi connectivity index (χ2v) is 11.8. The van der Waals surface area contributed by atoms with E-state index in [9.17, 15) is 5.11 Å². The molecule has 3 aromatic rings. The summed E-state index contributed by atoms with van der Waals surface area (Å²) in [6.45, 7) is 11.5. The SMILES string of the molecule is C=CCO[C@@]12Cc3c(n(CC=C)c4ccccc34)[C@@H]3Oc4c(O)ccc5c4[C@@]31CCN(CC1CC1)[C@@H]2C5.Cl. The van der Waals surface area contributed by atoms with Crippen molar-refractivity contribution in [1.82, 2.24) is 9.47 Å². The number of phenols is 1. The van der Waals surface area contributed by atoms with Crippen LogP contribution in [-0.4, -0.2) is 45.9 Å². The second-order valence-electron chi connectivity index (χ2n) is 11.8. The molecule has 0 unspecified atom stereocenters.